The number of benzene rings is 1. The average Bonchev–Trinajstić information content (AvgIpc) is 2.35. The van der Waals surface area contributed by atoms with Crippen LogP contribution in [0.3, 0.4) is 0 Å². The van der Waals surface area contributed by atoms with Crippen molar-refractivity contribution in [3.63, 3.8) is 0 Å². The zero-order valence-corrected chi connectivity index (χ0v) is 12.3. The predicted octanol–water partition coefficient (Wildman–Crippen LogP) is 1.91. The molecular weight excluding hydrogens is 287 g/mol. The topological polar surface area (TPSA) is 72.2 Å². The summed E-state index contributed by atoms with van der Waals surface area (Å²) in [6, 6.07) is 2.24. The van der Waals surface area contributed by atoms with Crippen LogP contribution in [0.1, 0.15) is 5.56 Å². The Hall–Kier alpha value is -1.05. The first-order valence-electron chi connectivity index (χ1n) is 5.62. The van der Waals surface area contributed by atoms with Crippen molar-refractivity contribution in [2.45, 2.75) is 11.8 Å². The molecule has 0 bridgehead atoms. The quantitative estimate of drug-likeness (QED) is 0.458. The number of nitrogens with two attached hydrogens (primary N) is 1. The van der Waals surface area contributed by atoms with E-state index in [1.807, 2.05) is 0 Å². The highest BCUT2D eigenvalue weighted by molar-refractivity contribution is 7.99. The average molecular weight is 304 g/mol. The van der Waals surface area contributed by atoms with Crippen molar-refractivity contribution in [2.24, 2.45) is 0 Å². The van der Waals surface area contributed by atoms with Gasteiger partial charge in [0.1, 0.15) is 5.82 Å². The molecule has 0 unspecified atom stereocenters. The number of rotatable bonds is 7. The number of hydrogen-bond donors (Lipinski definition) is 2. The molecule has 0 fully saturated rings. The van der Waals surface area contributed by atoms with E-state index in [0.29, 0.717) is 5.75 Å². The molecule has 106 valence electrons. The van der Waals surface area contributed by atoms with Crippen molar-refractivity contribution in [2.75, 3.05) is 23.8 Å². The first kappa shape index (κ1) is 16.0. The van der Waals surface area contributed by atoms with Gasteiger partial charge in [0.05, 0.1) is 4.90 Å². The monoisotopic (exact) mass is 304 g/mol. The van der Waals surface area contributed by atoms with Gasteiger partial charge in [-0.05, 0) is 19.1 Å². The van der Waals surface area contributed by atoms with E-state index >= 15 is 0 Å². The molecule has 4 nitrogen and oxygen atoms in total. The van der Waals surface area contributed by atoms with E-state index in [0.717, 1.165) is 11.8 Å². The van der Waals surface area contributed by atoms with Gasteiger partial charge >= 0.3 is 0 Å². The summed E-state index contributed by atoms with van der Waals surface area (Å²) in [7, 11) is -3.72. The van der Waals surface area contributed by atoms with Gasteiger partial charge in [0.2, 0.25) is 10.0 Å². The maximum Gasteiger partial charge on any atom is 0.240 e. The number of sulfonamides is 1. The third-order valence-corrected chi connectivity index (χ3v) is 4.85. The molecule has 0 aromatic heterocycles. The molecule has 3 N–H and O–H groups in total. The highest BCUT2D eigenvalue weighted by atomic mass is 32.2. The third kappa shape index (κ3) is 4.52. The van der Waals surface area contributed by atoms with Crippen LogP contribution in [0.2, 0.25) is 0 Å². The molecule has 0 radical (unpaired) electrons. The Balaban J connectivity index is 2.75. The maximum atomic E-state index is 13.5. The van der Waals surface area contributed by atoms with Crippen LogP contribution in [0.15, 0.2) is 29.7 Å². The molecule has 0 aliphatic heterocycles. The Labute approximate surface area is 117 Å². The molecule has 7 heteroatoms. The van der Waals surface area contributed by atoms with Gasteiger partial charge in [0, 0.05) is 29.3 Å². The van der Waals surface area contributed by atoms with Crippen molar-refractivity contribution in [3.05, 3.63) is 36.2 Å². The summed E-state index contributed by atoms with van der Waals surface area (Å²) in [6.07, 6.45) is 1.75. The van der Waals surface area contributed by atoms with Crippen LogP contribution in [0, 0.1) is 12.7 Å². The summed E-state index contributed by atoms with van der Waals surface area (Å²) in [5.74, 6) is 0.754. The molecule has 0 aliphatic rings. The molecule has 0 saturated carbocycles. The molecule has 1 aromatic rings. The molecule has 0 amide bonds. The van der Waals surface area contributed by atoms with Gasteiger partial charge in [-0.1, -0.05) is 6.08 Å². The second-order valence-corrected chi connectivity index (χ2v) is 6.80. The van der Waals surface area contributed by atoms with Crippen LogP contribution in [0.25, 0.3) is 0 Å². The first-order valence-corrected chi connectivity index (χ1v) is 8.26. The van der Waals surface area contributed by atoms with Crippen molar-refractivity contribution < 1.29 is 12.8 Å². The van der Waals surface area contributed by atoms with Gasteiger partial charge in [-0.2, -0.15) is 11.8 Å². The SMILES string of the molecule is C=CCSCCNS(=O)(=O)c1cc(N)c(C)c(F)c1. The van der Waals surface area contributed by atoms with Gasteiger partial charge < -0.3 is 5.73 Å². The minimum atomic E-state index is -3.72. The van der Waals surface area contributed by atoms with Gasteiger partial charge in [-0.25, -0.2) is 17.5 Å². The minimum Gasteiger partial charge on any atom is -0.398 e. The van der Waals surface area contributed by atoms with Crippen molar-refractivity contribution >= 4 is 27.5 Å². The summed E-state index contributed by atoms with van der Waals surface area (Å²) >= 11 is 1.55. The summed E-state index contributed by atoms with van der Waals surface area (Å²) in [5, 5.41) is 0. The van der Waals surface area contributed by atoms with E-state index < -0.39 is 15.8 Å². The number of halogens is 1. The highest BCUT2D eigenvalue weighted by Crippen LogP contribution is 2.20. The van der Waals surface area contributed by atoms with Crippen LogP contribution in [0.5, 0.6) is 0 Å². The molecule has 19 heavy (non-hydrogen) atoms. The summed E-state index contributed by atoms with van der Waals surface area (Å²) in [4.78, 5) is -0.151. The lowest BCUT2D eigenvalue weighted by atomic mass is 10.2. The normalized spacial score (nSPS) is 11.5. The molecule has 0 heterocycles. The smallest absolute Gasteiger partial charge is 0.240 e. The van der Waals surface area contributed by atoms with Gasteiger partial charge in [-0.15, -0.1) is 6.58 Å². The largest absolute Gasteiger partial charge is 0.398 e. The molecule has 0 spiro atoms. The van der Waals surface area contributed by atoms with Crippen LogP contribution in [0.4, 0.5) is 10.1 Å². The molecule has 0 atom stereocenters. The number of hydrogen-bond acceptors (Lipinski definition) is 4. The minimum absolute atomic E-state index is 0.126. The Kier molecular flexibility index (Phi) is 5.84. The van der Waals surface area contributed by atoms with Gasteiger partial charge in [-0.3, -0.25) is 0 Å². The molecular formula is C12H17FN2O2S2. The second kappa shape index (κ2) is 6.93. The lowest BCUT2D eigenvalue weighted by Crippen LogP contribution is -2.26. The summed E-state index contributed by atoms with van der Waals surface area (Å²) in [5.41, 5.74) is 5.94. The third-order valence-electron chi connectivity index (χ3n) is 2.44. The maximum absolute atomic E-state index is 13.5. The highest BCUT2D eigenvalue weighted by Gasteiger charge is 2.16. The standard InChI is InChI=1S/C12H17FN2O2S2/c1-3-5-18-6-4-15-19(16,17)10-7-11(13)9(2)12(14)8-10/h3,7-8,15H,1,4-6,14H2,2H3. The van der Waals surface area contributed by atoms with Crippen LogP contribution >= 0.6 is 11.8 Å². The lowest BCUT2D eigenvalue weighted by Gasteiger charge is -2.09. The van der Waals surface area contributed by atoms with E-state index in [-0.39, 0.29) is 22.7 Å². The van der Waals surface area contributed by atoms with E-state index in [9.17, 15) is 12.8 Å². The zero-order chi connectivity index (χ0) is 14.5. The number of anilines is 1. The number of thioether (sulfide) groups is 1. The second-order valence-electron chi connectivity index (χ2n) is 3.88. The Morgan fingerprint density at radius 2 is 2.21 bits per heavy atom. The summed E-state index contributed by atoms with van der Waals surface area (Å²) in [6.45, 7) is 5.34. The van der Waals surface area contributed by atoms with Gasteiger partial charge in [0.25, 0.3) is 0 Å². The predicted molar refractivity (Wildman–Crippen MR) is 78.3 cm³/mol. The number of nitrogens with one attached hydrogen (secondary N) is 1. The van der Waals surface area contributed by atoms with Crippen LogP contribution in [-0.4, -0.2) is 26.5 Å². The molecule has 1 aromatic carbocycles. The van der Waals surface area contributed by atoms with Crippen molar-refractivity contribution in [3.8, 4) is 0 Å². The fraction of sp³-hybridized carbons (Fsp3) is 0.333. The van der Waals surface area contributed by atoms with Crippen molar-refractivity contribution in [1.82, 2.24) is 4.72 Å². The lowest BCUT2D eigenvalue weighted by molar-refractivity contribution is 0.579. The van der Waals surface area contributed by atoms with Crippen LogP contribution in [-0.2, 0) is 10.0 Å². The van der Waals surface area contributed by atoms with Crippen LogP contribution < -0.4 is 10.5 Å². The Morgan fingerprint density at radius 3 is 2.79 bits per heavy atom. The Morgan fingerprint density at radius 1 is 1.53 bits per heavy atom. The molecule has 0 aliphatic carbocycles. The van der Waals surface area contributed by atoms with Gasteiger partial charge in [0.15, 0.2) is 0 Å². The van der Waals surface area contributed by atoms with E-state index in [1.165, 1.54) is 13.0 Å². The molecule has 1 rings (SSSR count). The zero-order valence-electron chi connectivity index (χ0n) is 10.6. The van der Waals surface area contributed by atoms with E-state index in [1.54, 1.807) is 17.8 Å². The number of nitrogen functional groups attached to an aromatic ring is 1. The molecule has 0 saturated heterocycles. The Bertz CT molecular complexity index is 536. The van der Waals surface area contributed by atoms with Crippen molar-refractivity contribution in [1.29, 1.82) is 0 Å². The fourth-order valence-electron chi connectivity index (χ4n) is 1.33. The van der Waals surface area contributed by atoms with E-state index in [4.69, 9.17) is 5.73 Å². The first-order chi connectivity index (χ1) is 8.88. The summed E-state index contributed by atoms with van der Waals surface area (Å²) < 4.78 is 39.7. The fourth-order valence-corrected chi connectivity index (χ4v) is 3.11. The van der Waals surface area contributed by atoms with E-state index in [2.05, 4.69) is 11.3 Å².